The average molecular weight is 340 g/mol. The van der Waals surface area contributed by atoms with Crippen LogP contribution in [-0.2, 0) is 13.0 Å². The van der Waals surface area contributed by atoms with E-state index in [4.69, 9.17) is 11.6 Å². The van der Waals surface area contributed by atoms with Gasteiger partial charge < -0.3 is 5.32 Å². The summed E-state index contributed by atoms with van der Waals surface area (Å²) in [4.78, 5) is 12.6. The fourth-order valence-corrected chi connectivity index (χ4v) is 2.82. The lowest BCUT2D eigenvalue weighted by molar-refractivity contribution is 0.102. The van der Waals surface area contributed by atoms with Crippen LogP contribution in [0.1, 0.15) is 28.5 Å². The van der Waals surface area contributed by atoms with Gasteiger partial charge in [-0.05, 0) is 30.2 Å². The van der Waals surface area contributed by atoms with Crippen LogP contribution in [0.25, 0.3) is 0 Å². The number of nitrogens with one attached hydrogen (secondary N) is 1. The predicted molar refractivity (Wildman–Crippen MR) is 96.6 cm³/mol. The molecule has 0 aliphatic rings. The maximum Gasteiger partial charge on any atom is 0.259 e. The molecule has 0 aliphatic heterocycles. The van der Waals surface area contributed by atoms with Crippen LogP contribution in [0.2, 0.25) is 5.02 Å². The van der Waals surface area contributed by atoms with E-state index in [1.807, 2.05) is 48.0 Å². The van der Waals surface area contributed by atoms with Crippen molar-refractivity contribution in [2.45, 2.75) is 19.9 Å². The first-order valence-corrected chi connectivity index (χ1v) is 8.20. The van der Waals surface area contributed by atoms with Crippen molar-refractivity contribution in [3.63, 3.8) is 0 Å². The Labute approximate surface area is 146 Å². The number of hydrogen-bond acceptors (Lipinski definition) is 2. The van der Waals surface area contributed by atoms with E-state index >= 15 is 0 Å². The number of aromatic nitrogens is 2. The summed E-state index contributed by atoms with van der Waals surface area (Å²) in [6.07, 6.45) is 2.35. The van der Waals surface area contributed by atoms with Crippen molar-refractivity contribution in [3.05, 3.63) is 82.6 Å². The largest absolute Gasteiger partial charge is 0.322 e. The van der Waals surface area contributed by atoms with Crippen molar-refractivity contribution in [2.75, 3.05) is 5.32 Å². The lowest BCUT2D eigenvalue weighted by Crippen LogP contribution is -2.15. The number of amides is 1. The van der Waals surface area contributed by atoms with Crippen LogP contribution in [0.15, 0.2) is 60.8 Å². The highest BCUT2D eigenvalue weighted by Gasteiger charge is 2.16. The van der Waals surface area contributed by atoms with E-state index in [-0.39, 0.29) is 5.91 Å². The van der Waals surface area contributed by atoms with Gasteiger partial charge in [0.2, 0.25) is 0 Å². The molecule has 2 aromatic carbocycles. The lowest BCUT2D eigenvalue weighted by atomic mass is 10.1. The van der Waals surface area contributed by atoms with Crippen molar-refractivity contribution in [1.29, 1.82) is 0 Å². The molecule has 3 aromatic rings. The lowest BCUT2D eigenvalue weighted by Gasteiger charge is -2.09. The second kappa shape index (κ2) is 7.32. The third kappa shape index (κ3) is 3.66. The summed E-state index contributed by atoms with van der Waals surface area (Å²) < 4.78 is 1.88. The van der Waals surface area contributed by atoms with Crippen LogP contribution >= 0.6 is 11.6 Å². The first-order chi connectivity index (χ1) is 11.7. The molecule has 1 N–H and O–H groups in total. The Balaban J connectivity index is 1.82. The third-order valence-corrected chi connectivity index (χ3v) is 4.02. The van der Waals surface area contributed by atoms with Crippen molar-refractivity contribution < 1.29 is 4.79 Å². The summed E-state index contributed by atoms with van der Waals surface area (Å²) in [5, 5.41) is 7.85. The van der Waals surface area contributed by atoms with Crippen LogP contribution in [0.5, 0.6) is 0 Å². The molecule has 0 radical (unpaired) electrons. The molecule has 0 saturated carbocycles. The van der Waals surface area contributed by atoms with Gasteiger partial charge >= 0.3 is 0 Å². The van der Waals surface area contributed by atoms with E-state index in [9.17, 15) is 4.79 Å². The normalized spacial score (nSPS) is 10.6. The van der Waals surface area contributed by atoms with Crippen LogP contribution < -0.4 is 5.32 Å². The number of anilines is 1. The highest BCUT2D eigenvalue weighted by Crippen LogP contribution is 2.18. The van der Waals surface area contributed by atoms with Crippen LogP contribution in [0, 0.1) is 0 Å². The summed E-state index contributed by atoms with van der Waals surface area (Å²) in [6, 6.07) is 17.2. The molecular formula is C19H18ClN3O. The van der Waals surface area contributed by atoms with Gasteiger partial charge in [-0.2, -0.15) is 5.10 Å². The highest BCUT2D eigenvalue weighted by atomic mass is 35.5. The Bertz CT molecular complexity index is 843. The monoisotopic (exact) mass is 339 g/mol. The molecule has 5 heteroatoms. The van der Waals surface area contributed by atoms with Gasteiger partial charge in [0.05, 0.1) is 24.0 Å². The zero-order chi connectivity index (χ0) is 16.9. The van der Waals surface area contributed by atoms with E-state index in [2.05, 4.69) is 10.4 Å². The minimum atomic E-state index is -0.173. The minimum Gasteiger partial charge on any atom is -0.322 e. The Kier molecular flexibility index (Phi) is 4.96. The maximum atomic E-state index is 12.6. The van der Waals surface area contributed by atoms with Gasteiger partial charge in [0.15, 0.2) is 0 Å². The van der Waals surface area contributed by atoms with Gasteiger partial charge in [-0.3, -0.25) is 9.48 Å². The number of carbonyl (C=O) groups excluding carboxylic acids is 1. The van der Waals surface area contributed by atoms with Gasteiger partial charge in [-0.15, -0.1) is 0 Å². The standard InChI is InChI=1S/C19H18ClN3O/c1-2-18-17(19(24)22-16-10-6-9-15(20)11-16)12-21-23(18)13-14-7-4-3-5-8-14/h3-12H,2,13H2,1H3,(H,22,24). The van der Waals surface area contributed by atoms with Crippen molar-refractivity contribution in [3.8, 4) is 0 Å². The minimum absolute atomic E-state index is 0.173. The molecule has 0 fully saturated rings. The first-order valence-electron chi connectivity index (χ1n) is 7.83. The van der Waals surface area contributed by atoms with Crippen molar-refractivity contribution in [1.82, 2.24) is 9.78 Å². The molecule has 1 amide bonds. The number of nitrogens with zero attached hydrogens (tertiary/aromatic N) is 2. The van der Waals surface area contributed by atoms with Crippen molar-refractivity contribution >= 4 is 23.2 Å². The van der Waals surface area contributed by atoms with E-state index < -0.39 is 0 Å². The highest BCUT2D eigenvalue weighted by molar-refractivity contribution is 6.30. The quantitative estimate of drug-likeness (QED) is 0.749. The predicted octanol–water partition coefficient (Wildman–Crippen LogP) is 4.40. The van der Waals surface area contributed by atoms with Gasteiger partial charge in [0, 0.05) is 10.7 Å². The number of halogens is 1. The number of benzene rings is 2. The molecule has 0 spiro atoms. The molecule has 0 saturated heterocycles. The fraction of sp³-hybridized carbons (Fsp3) is 0.158. The Hall–Kier alpha value is -2.59. The summed E-state index contributed by atoms with van der Waals surface area (Å²) in [6.45, 7) is 2.67. The number of rotatable bonds is 5. The van der Waals surface area contributed by atoms with Crippen molar-refractivity contribution in [2.24, 2.45) is 0 Å². The molecule has 122 valence electrons. The fourth-order valence-electron chi connectivity index (χ4n) is 2.63. The smallest absolute Gasteiger partial charge is 0.259 e. The first kappa shape index (κ1) is 16.3. The number of hydrogen-bond donors (Lipinski definition) is 1. The zero-order valence-electron chi connectivity index (χ0n) is 13.4. The van der Waals surface area contributed by atoms with Crippen LogP contribution in [0.4, 0.5) is 5.69 Å². The SMILES string of the molecule is CCc1c(C(=O)Nc2cccc(Cl)c2)cnn1Cc1ccccc1. The summed E-state index contributed by atoms with van der Waals surface area (Å²) >= 11 is 5.96. The molecule has 4 nitrogen and oxygen atoms in total. The average Bonchev–Trinajstić information content (AvgIpc) is 2.98. The van der Waals surface area contributed by atoms with Gasteiger partial charge in [0.1, 0.15) is 0 Å². The van der Waals surface area contributed by atoms with E-state index in [0.717, 1.165) is 17.7 Å². The van der Waals surface area contributed by atoms with Crippen LogP contribution in [0.3, 0.4) is 0 Å². The Morgan fingerprint density at radius 1 is 1.17 bits per heavy atom. The summed E-state index contributed by atoms with van der Waals surface area (Å²) in [7, 11) is 0. The molecule has 24 heavy (non-hydrogen) atoms. The second-order valence-corrected chi connectivity index (χ2v) is 5.90. The molecule has 0 aliphatic carbocycles. The molecule has 0 unspecified atom stereocenters. The second-order valence-electron chi connectivity index (χ2n) is 5.47. The Morgan fingerprint density at radius 2 is 1.96 bits per heavy atom. The molecule has 3 rings (SSSR count). The molecule has 0 bridgehead atoms. The number of carbonyl (C=O) groups is 1. The van der Waals surface area contributed by atoms with Gasteiger partial charge in [0.25, 0.3) is 5.91 Å². The summed E-state index contributed by atoms with van der Waals surface area (Å²) in [5.74, 6) is -0.173. The van der Waals surface area contributed by atoms with Crippen LogP contribution in [-0.4, -0.2) is 15.7 Å². The third-order valence-electron chi connectivity index (χ3n) is 3.79. The van der Waals surface area contributed by atoms with Gasteiger partial charge in [-0.25, -0.2) is 0 Å². The van der Waals surface area contributed by atoms with E-state index in [0.29, 0.717) is 22.8 Å². The summed E-state index contributed by atoms with van der Waals surface area (Å²) in [5.41, 5.74) is 3.33. The maximum absolute atomic E-state index is 12.6. The Morgan fingerprint density at radius 3 is 2.67 bits per heavy atom. The van der Waals surface area contributed by atoms with E-state index in [1.54, 1.807) is 24.4 Å². The topological polar surface area (TPSA) is 46.9 Å². The molecule has 0 atom stereocenters. The van der Waals surface area contributed by atoms with Gasteiger partial charge in [-0.1, -0.05) is 54.9 Å². The molecule has 1 aromatic heterocycles. The molecule has 1 heterocycles. The zero-order valence-corrected chi connectivity index (χ0v) is 14.1. The van der Waals surface area contributed by atoms with E-state index in [1.165, 1.54) is 0 Å². The molecular weight excluding hydrogens is 322 g/mol.